The molecular formula is C18H16Cl2N2O4S2. The summed E-state index contributed by atoms with van der Waals surface area (Å²) in [5, 5.41) is 0. The summed E-state index contributed by atoms with van der Waals surface area (Å²) in [5.41, 5.74) is 0.981. The lowest BCUT2D eigenvalue weighted by atomic mass is 10.3. The molecule has 0 bridgehead atoms. The minimum Gasteiger partial charge on any atom is -0.494 e. The van der Waals surface area contributed by atoms with Crippen molar-refractivity contribution in [2.24, 2.45) is 4.99 Å². The maximum Gasteiger partial charge on any atom is 0.326 e. The molecule has 1 amide bonds. The number of fused-ring (bicyclic) bond motifs is 1. The first-order chi connectivity index (χ1) is 13.4. The van der Waals surface area contributed by atoms with Gasteiger partial charge in [0, 0.05) is 0 Å². The molecule has 0 radical (unpaired) electrons. The van der Waals surface area contributed by atoms with E-state index in [1.165, 1.54) is 17.4 Å². The molecule has 28 heavy (non-hydrogen) atoms. The molecule has 10 heteroatoms. The minimum absolute atomic E-state index is 0.0634. The van der Waals surface area contributed by atoms with Crippen molar-refractivity contribution in [2.45, 2.75) is 20.4 Å². The van der Waals surface area contributed by atoms with Gasteiger partial charge in [-0.3, -0.25) is 9.59 Å². The Morgan fingerprint density at radius 3 is 2.57 bits per heavy atom. The maximum absolute atomic E-state index is 12.6. The topological polar surface area (TPSA) is 69.9 Å². The number of amides is 1. The van der Waals surface area contributed by atoms with E-state index in [1.54, 1.807) is 17.6 Å². The Morgan fingerprint density at radius 2 is 1.93 bits per heavy atom. The fraction of sp³-hybridized carbons (Fsp3) is 0.278. The second kappa shape index (κ2) is 9.09. The summed E-state index contributed by atoms with van der Waals surface area (Å²) < 4.78 is 13.7. The number of carbonyl (C=O) groups is 2. The van der Waals surface area contributed by atoms with E-state index in [9.17, 15) is 9.59 Å². The van der Waals surface area contributed by atoms with Gasteiger partial charge in [0.15, 0.2) is 4.80 Å². The number of benzene rings is 1. The van der Waals surface area contributed by atoms with Crippen LogP contribution in [0.1, 0.15) is 24.2 Å². The lowest BCUT2D eigenvalue weighted by molar-refractivity contribution is -0.143. The van der Waals surface area contributed by atoms with Crippen LogP contribution in [0.2, 0.25) is 8.67 Å². The Bertz CT molecular complexity index is 1100. The molecule has 3 aromatic rings. The summed E-state index contributed by atoms with van der Waals surface area (Å²) in [6, 6.07) is 6.97. The molecule has 0 saturated carbocycles. The lowest BCUT2D eigenvalue weighted by Gasteiger charge is -2.06. The molecule has 148 valence electrons. The third-order valence-electron chi connectivity index (χ3n) is 3.64. The van der Waals surface area contributed by atoms with E-state index >= 15 is 0 Å². The van der Waals surface area contributed by atoms with Crippen LogP contribution in [0.15, 0.2) is 29.3 Å². The average Bonchev–Trinajstić information content (AvgIpc) is 3.14. The standard InChI is InChI=1S/C18H16Cl2N2O4S2/c1-3-25-10-5-6-12-13(7-10)27-18(22(12)9-15(23)26-4-2)21-17(24)11-8-14(19)28-16(11)20/h5-8H,3-4,9H2,1-2H3. The van der Waals surface area contributed by atoms with Crippen LogP contribution in [0.3, 0.4) is 0 Å². The van der Waals surface area contributed by atoms with Gasteiger partial charge in [-0.2, -0.15) is 4.99 Å². The van der Waals surface area contributed by atoms with Gasteiger partial charge in [0.1, 0.15) is 16.6 Å². The van der Waals surface area contributed by atoms with Gasteiger partial charge in [0.2, 0.25) is 0 Å². The van der Waals surface area contributed by atoms with Gasteiger partial charge in [-0.1, -0.05) is 34.5 Å². The van der Waals surface area contributed by atoms with Gasteiger partial charge in [-0.05, 0) is 38.1 Å². The lowest BCUT2D eigenvalue weighted by Crippen LogP contribution is -2.23. The van der Waals surface area contributed by atoms with Crippen molar-refractivity contribution in [3.63, 3.8) is 0 Å². The summed E-state index contributed by atoms with van der Waals surface area (Å²) in [4.78, 5) is 29.2. The van der Waals surface area contributed by atoms with E-state index in [0.717, 1.165) is 21.6 Å². The Kier molecular flexibility index (Phi) is 6.77. The SMILES string of the molecule is CCOC(=O)Cn1c(=NC(=O)c2cc(Cl)sc2Cl)sc2cc(OCC)ccc21. The Morgan fingerprint density at radius 1 is 1.14 bits per heavy atom. The summed E-state index contributed by atoms with van der Waals surface area (Å²) in [5.74, 6) is -0.242. The molecule has 0 saturated heterocycles. The number of thiazole rings is 1. The van der Waals surface area contributed by atoms with E-state index in [-0.39, 0.29) is 23.1 Å². The number of aromatic nitrogens is 1. The van der Waals surface area contributed by atoms with Crippen molar-refractivity contribution >= 4 is 68.0 Å². The molecule has 6 nitrogen and oxygen atoms in total. The van der Waals surface area contributed by atoms with Gasteiger partial charge >= 0.3 is 5.97 Å². The van der Waals surface area contributed by atoms with Crippen LogP contribution in [-0.2, 0) is 16.1 Å². The number of halogens is 2. The quantitative estimate of drug-likeness (QED) is 0.498. The van der Waals surface area contributed by atoms with Gasteiger partial charge in [0.05, 0.1) is 33.3 Å². The third kappa shape index (κ3) is 4.57. The maximum atomic E-state index is 12.6. The molecule has 0 aliphatic carbocycles. The summed E-state index contributed by atoms with van der Waals surface area (Å²) in [6.07, 6.45) is 0. The van der Waals surface area contributed by atoms with Crippen LogP contribution >= 0.6 is 45.9 Å². The second-order valence-electron chi connectivity index (χ2n) is 5.49. The molecule has 0 unspecified atom stereocenters. The largest absolute Gasteiger partial charge is 0.494 e. The number of hydrogen-bond acceptors (Lipinski definition) is 6. The zero-order chi connectivity index (χ0) is 20.3. The molecule has 0 fully saturated rings. The highest BCUT2D eigenvalue weighted by Crippen LogP contribution is 2.31. The first kappa shape index (κ1) is 20.9. The average molecular weight is 459 g/mol. The monoisotopic (exact) mass is 458 g/mol. The molecule has 0 N–H and O–H groups in total. The third-order valence-corrected chi connectivity index (χ3v) is 6.17. The number of thiophene rings is 1. The fourth-order valence-corrected chi connectivity index (χ4v) is 5.02. The molecular weight excluding hydrogens is 443 g/mol. The highest BCUT2D eigenvalue weighted by atomic mass is 35.5. The number of nitrogens with zero attached hydrogens (tertiary/aromatic N) is 2. The highest BCUT2D eigenvalue weighted by Gasteiger charge is 2.16. The molecule has 3 rings (SSSR count). The number of ether oxygens (including phenoxy) is 2. The molecule has 2 aromatic heterocycles. The second-order valence-corrected chi connectivity index (χ2v) is 8.79. The van der Waals surface area contributed by atoms with Crippen molar-refractivity contribution < 1.29 is 19.1 Å². The zero-order valence-electron chi connectivity index (χ0n) is 15.0. The van der Waals surface area contributed by atoms with Crippen LogP contribution < -0.4 is 9.54 Å². The van der Waals surface area contributed by atoms with Crippen molar-refractivity contribution in [3.8, 4) is 5.75 Å². The van der Waals surface area contributed by atoms with Gasteiger partial charge in [-0.15, -0.1) is 11.3 Å². The Balaban J connectivity index is 2.11. The highest BCUT2D eigenvalue weighted by molar-refractivity contribution is 7.20. The predicted octanol–water partition coefficient (Wildman–Crippen LogP) is 4.77. The number of rotatable bonds is 6. The van der Waals surface area contributed by atoms with Gasteiger partial charge in [0.25, 0.3) is 5.91 Å². The summed E-state index contributed by atoms with van der Waals surface area (Å²) >= 11 is 14.4. The zero-order valence-corrected chi connectivity index (χ0v) is 18.2. The van der Waals surface area contributed by atoms with Crippen molar-refractivity contribution in [1.82, 2.24) is 4.57 Å². The van der Waals surface area contributed by atoms with Gasteiger partial charge in [-0.25, -0.2) is 0 Å². The van der Waals surface area contributed by atoms with Crippen LogP contribution in [0.5, 0.6) is 5.75 Å². The minimum atomic E-state index is -0.526. The summed E-state index contributed by atoms with van der Waals surface area (Å²) in [6.45, 7) is 4.37. The van der Waals surface area contributed by atoms with Crippen LogP contribution in [0.25, 0.3) is 10.2 Å². The van der Waals surface area contributed by atoms with Crippen LogP contribution in [0, 0.1) is 0 Å². The molecule has 2 heterocycles. The first-order valence-corrected chi connectivity index (χ1v) is 10.8. The van der Waals surface area contributed by atoms with E-state index in [1.807, 2.05) is 19.1 Å². The molecule has 1 aromatic carbocycles. The van der Waals surface area contributed by atoms with E-state index in [0.29, 0.717) is 21.5 Å². The number of carbonyl (C=O) groups excluding carboxylic acids is 2. The first-order valence-electron chi connectivity index (χ1n) is 8.38. The number of hydrogen-bond donors (Lipinski definition) is 0. The van der Waals surface area contributed by atoms with E-state index in [4.69, 9.17) is 32.7 Å². The van der Waals surface area contributed by atoms with Gasteiger partial charge < -0.3 is 14.0 Å². The Labute approximate surface area is 178 Å². The molecule has 0 spiro atoms. The Hall–Kier alpha value is -1.87. The molecule has 0 aliphatic heterocycles. The fourth-order valence-electron chi connectivity index (χ4n) is 2.52. The van der Waals surface area contributed by atoms with Crippen LogP contribution in [0.4, 0.5) is 0 Å². The predicted molar refractivity (Wildman–Crippen MR) is 112 cm³/mol. The summed E-state index contributed by atoms with van der Waals surface area (Å²) in [7, 11) is 0. The number of esters is 1. The smallest absolute Gasteiger partial charge is 0.326 e. The van der Waals surface area contributed by atoms with Crippen LogP contribution in [-0.4, -0.2) is 29.7 Å². The molecule has 0 aliphatic rings. The van der Waals surface area contributed by atoms with Crippen molar-refractivity contribution in [1.29, 1.82) is 0 Å². The van der Waals surface area contributed by atoms with Crippen molar-refractivity contribution in [3.05, 3.63) is 43.3 Å². The molecule has 0 atom stereocenters. The van der Waals surface area contributed by atoms with E-state index in [2.05, 4.69) is 4.99 Å². The normalized spacial score (nSPS) is 11.8. The van der Waals surface area contributed by atoms with E-state index < -0.39 is 11.9 Å². The van der Waals surface area contributed by atoms with Crippen molar-refractivity contribution in [2.75, 3.05) is 13.2 Å².